The van der Waals surface area contributed by atoms with Gasteiger partial charge >= 0.3 is 5.97 Å². The molecule has 1 aromatic rings. The number of carbonyl (C=O) groups excluding carboxylic acids is 2. The van der Waals surface area contributed by atoms with E-state index in [2.05, 4.69) is 15.2 Å². The fourth-order valence-corrected chi connectivity index (χ4v) is 3.23. The lowest BCUT2D eigenvalue weighted by atomic mass is 10.0. The number of carbonyl (C=O) groups is 2. The van der Waals surface area contributed by atoms with E-state index in [1.54, 1.807) is 0 Å². The summed E-state index contributed by atoms with van der Waals surface area (Å²) in [6.45, 7) is 5.18. The van der Waals surface area contributed by atoms with Crippen LogP contribution in [0.3, 0.4) is 0 Å². The third-order valence-corrected chi connectivity index (χ3v) is 4.18. The van der Waals surface area contributed by atoms with Gasteiger partial charge in [-0.2, -0.15) is 0 Å². The van der Waals surface area contributed by atoms with Gasteiger partial charge in [-0.1, -0.05) is 6.42 Å². The fraction of sp³-hybridized carbons (Fsp3) is 0.643. The van der Waals surface area contributed by atoms with E-state index in [0.717, 1.165) is 31.5 Å². The minimum Gasteiger partial charge on any atom is -0.465 e. The van der Waals surface area contributed by atoms with Crippen LogP contribution in [0, 0.1) is 0 Å². The van der Waals surface area contributed by atoms with Crippen LogP contribution in [0.25, 0.3) is 0 Å². The maximum atomic E-state index is 12.0. The van der Waals surface area contributed by atoms with Crippen molar-refractivity contribution in [3.63, 3.8) is 0 Å². The molecule has 1 saturated heterocycles. The van der Waals surface area contributed by atoms with Crippen molar-refractivity contribution < 1.29 is 14.3 Å². The highest BCUT2D eigenvalue weighted by Crippen LogP contribution is 2.23. The molecule has 1 aliphatic heterocycles. The molecular formula is C14H21N3O3S. The summed E-state index contributed by atoms with van der Waals surface area (Å²) in [5.74, 6) is -0.271. The van der Waals surface area contributed by atoms with Crippen LogP contribution in [0.2, 0.25) is 0 Å². The van der Waals surface area contributed by atoms with Gasteiger partial charge in [0.2, 0.25) is 5.91 Å². The summed E-state index contributed by atoms with van der Waals surface area (Å²) in [7, 11) is 0. The first-order valence-corrected chi connectivity index (χ1v) is 8.10. The Bertz CT molecular complexity index is 503. The molecule has 1 N–H and O–H groups in total. The number of piperidine rings is 1. The molecule has 1 aliphatic rings. The number of hydrogen-bond acceptors (Lipinski definition) is 6. The molecular weight excluding hydrogens is 290 g/mol. The number of aromatic nitrogens is 1. The molecule has 0 radical (unpaired) electrons. The van der Waals surface area contributed by atoms with E-state index in [0.29, 0.717) is 18.3 Å². The van der Waals surface area contributed by atoms with Gasteiger partial charge in [0.15, 0.2) is 5.13 Å². The molecule has 1 aromatic heterocycles. The van der Waals surface area contributed by atoms with E-state index in [9.17, 15) is 9.59 Å². The van der Waals surface area contributed by atoms with Crippen molar-refractivity contribution in [3.8, 4) is 0 Å². The molecule has 21 heavy (non-hydrogen) atoms. The summed E-state index contributed by atoms with van der Waals surface area (Å²) in [4.78, 5) is 29.5. The molecule has 0 spiro atoms. The van der Waals surface area contributed by atoms with Crippen molar-refractivity contribution >= 4 is 28.3 Å². The SMILES string of the molecule is CCOC(=O)C1CCCCN1Cc1csc(NC(C)=O)n1. The van der Waals surface area contributed by atoms with Crippen LogP contribution in [0.15, 0.2) is 5.38 Å². The number of nitrogens with zero attached hydrogens (tertiary/aromatic N) is 2. The second-order valence-electron chi connectivity index (χ2n) is 5.06. The molecule has 1 atom stereocenters. The number of amides is 1. The zero-order valence-corrected chi connectivity index (χ0v) is 13.2. The Morgan fingerprint density at radius 3 is 3.05 bits per heavy atom. The fourth-order valence-electron chi connectivity index (χ4n) is 2.48. The first kappa shape index (κ1) is 15.9. The summed E-state index contributed by atoms with van der Waals surface area (Å²) in [6.07, 6.45) is 2.97. The van der Waals surface area contributed by atoms with Crippen LogP contribution in [0.4, 0.5) is 5.13 Å². The number of hydrogen-bond donors (Lipinski definition) is 1. The third kappa shape index (κ3) is 4.50. The normalized spacial score (nSPS) is 19.2. The first-order chi connectivity index (χ1) is 10.1. The molecule has 2 heterocycles. The molecule has 7 heteroatoms. The smallest absolute Gasteiger partial charge is 0.323 e. The Hall–Kier alpha value is -1.47. The number of nitrogens with one attached hydrogen (secondary N) is 1. The number of likely N-dealkylation sites (tertiary alicyclic amines) is 1. The van der Waals surface area contributed by atoms with Gasteiger partial charge in [0.1, 0.15) is 6.04 Å². The summed E-state index contributed by atoms with van der Waals surface area (Å²) >= 11 is 1.40. The highest BCUT2D eigenvalue weighted by molar-refractivity contribution is 7.13. The summed E-state index contributed by atoms with van der Waals surface area (Å²) in [5.41, 5.74) is 0.875. The van der Waals surface area contributed by atoms with Gasteiger partial charge in [-0.25, -0.2) is 4.98 Å². The lowest BCUT2D eigenvalue weighted by molar-refractivity contribution is -0.151. The Kier molecular flexibility index (Phi) is 5.69. The predicted octanol–water partition coefficient (Wildman–Crippen LogP) is 2.02. The van der Waals surface area contributed by atoms with Crippen molar-refractivity contribution in [1.29, 1.82) is 0 Å². The van der Waals surface area contributed by atoms with Crippen LogP contribution in [0.1, 0.15) is 38.8 Å². The van der Waals surface area contributed by atoms with Gasteiger partial charge in [0.25, 0.3) is 0 Å². The van der Waals surface area contributed by atoms with Crippen LogP contribution in [-0.2, 0) is 20.9 Å². The van der Waals surface area contributed by atoms with Crippen molar-refractivity contribution in [1.82, 2.24) is 9.88 Å². The van der Waals surface area contributed by atoms with Crippen molar-refractivity contribution in [2.75, 3.05) is 18.5 Å². The van der Waals surface area contributed by atoms with Crippen molar-refractivity contribution in [2.45, 2.75) is 45.7 Å². The monoisotopic (exact) mass is 311 g/mol. The van der Waals surface area contributed by atoms with Crippen LogP contribution >= 0.6 is 11.3 Å². The molecule has 1 amide bonds. The van der Waals surface area contributed by atoms with E-state index in [1.165, 1.54) is 18.3 Å². The maximum absolute atomic E-state index is 12.0. The minimum atomic E-state index is -0.176. The molecule has 1 unspecified atom stereocenters. The second kappa shape index (κ2) is 7.51. The number of ether oxygens (including phenoxy) is 1. The molecule has 0 aromatic carbocycles. The molecule has 0 saturated carbocycles. The minimum absolute atomic E-state index is 0.127. The Morgan fingerprint density at radius 2 is 2.33 bits per heavy atom. The van der Waals surface area contributed by atoms with Gasteiger partial charge in [0, 0.05) is 18.8 Å². The molecule has 0 bridgehead atoms. The lowest BCUT2D eigenvalue weighted by Crippen LogP contribution is -2.45. The highest BCUT2D eigenvalue weighted by Gasteiger charge is 2.30. The van der Waals surface area contributed by atoms with Gasteiger partial charge < -0.3 is 10.1 Å². The molecule has 1 fully saturated rings. The van der Waals surface area contributed by atoms with E-state index in [4.69, 9.17) is 4.74 Å². The zero-order valence-electron chi connectivity index (χ0n) is 12.4. The summed E-state index contributed by atoms with van der Waals surface area (Å²) in [5, 5.41) is 5.19. The summed E-state index contributed by atoms with van der Waals surface area (Å²) < 4.78 is 5.15. The quantitative estimate of drug-likeness (QED) is 0.842. The standard InChI is InChI=1S/C14H21N3O3S/c1-3-20-13(19)12-6-4-5-7-17(12)8-11-9-21-14(16-11)15-10(2)18/h9,12H,3-8H2,1-2H3,(H,15,16,18). The largest absolute Gasteiger partial charge is 0.465 e. The zero-order chi connectivity index (χ0) is 15.2. The highest BCUT2D eigenvalue weighted by atomic mass is 32.1. The predicted molar refractivity (Wildman–Crippen MR) is 81.1 cm³/mol. The Balaban J connectivity index is 2.00. The molecule has 116 valence electrons. The average Bonchev–Trinajstić information content (AvgIpc) is 2.86. The topological polar surface area (TPSA) is 71.5 Å². The number of anilines is 1. The second-order valence-corrected chi connectivity index (χ2v) is 5.92. The number of rotatable bonds is 5. The van der Waals surface area contributed by atoms with Crippen LogP contribution < -0.4 is 5.32 Å². The van der Waals surface area contributed by atoms with Crippen LogP contribution in [0.5, 0.6) is 0 Å². The Morgan fingerprint density at radius 1 is 1.52 bits per heavy atom. The van der Waals surface area contributed by atoms with Crippen LogP contribution in [-0.4, -0.2) is 41.0 Å². The van der Waals surface area contributed by atoms with E-state index in [1.807, 2.05) is 12.3 Å². The van der Waals surface area contributed by atoms with Gasteiger partial charge in [-0.15, -0.1) is 11.3 Å². The average molecular weight is 311 g/mol. The first-order valence-electron chi connectivity index (χ1n) is 7.23. The van der Waals surface area contributed by atoms with E-state index < -0.39 is 0 Å². The van der Waals surface area contributed by atoms with E-state index >= 15 is 0 Å². The van der Waals surface area contributed by atoms with Crippen molar-refractivity contribution in [2.24, 2.45) is 0 Å². The Labute approximate surface area is 128 Å². The van der Waals surface area contributed by atoms with E-state index in [-0.39, 0.29) is 17.9 Å². The lowest BCUT2D eigenvalue weighted by Gasteiger charge is -2.33. The number of thiazole rings is 1. The maximum Gasteiger partial charge on any atom is 0.323 e. The molecule has 6 nitrogen and oxygen atoms in total. The van der Waals surface area contributed by atoms with Gasteiger partial charge in [-0.3, -0.25) is 14.5 Å². The van der Waals surface area contributed by atoms with Gasteiger partial charge in [-0.05, 0) is 26.3 Å². The third-order valence-electron chi connectivity index (χ3n) is 3.37. The van der Waals surface area contributed by atoms with Crippen molar-refractivity contribution in [3.05, 3.63) is 11.1 Å². The number of esters is 1. The summed E-state index contributed by atoms with van der Waals surface area (Å²) in [6, 6.07) is -0.176. The van der Waals surface area contributed by atoms with Gasteiger partial charge in [0.05, 0.1) is 12.3 Å². The molecule has 0 aliphatic carbocycles. The molecule has 2 rings (SSSR count).